The van der Waals surface area contributed by atoms with E-state index in [1.54, 1.807) is 12.1 Å². The smallest absolute Gasteiger partial charge is 0.356 e. The molecule has 0 atom stereocenters. The number of benzene rings is 1. The zero-order valence-electron chi connectivity index (χ0n) is 11.7. The van der Waals surface area contributed by atoms with E-state index in [0.29, 0.717) is 5.69 Å². The number of nitrogens with zero attached hydrogens (tertiary/aromatic N) is 1. The van der Waals surface area contributed by atoms with E-state index in [0.717, 1.165) is 10.1 Å². The summed E-state index contributed by atoms with van der Waals surface area (Å²) >= 11 is 0. The van der Waals surface area contributed by atoms with Crippen LogP contribution in [0.2, 0.25) is 0 Å². The van der Waals surface area contributed by atoms with Crippen molar-refractivity contribution in [3.05, 3.63) is 64.6 Å². The van der Waals surface area contributed by atoms with E-state index in [9.17, 15) is 14.7 Å². The summed E-state index contributed by atoms with van der Waals surface area (Å²) in [7, 11) is 1.37. The number of hydrogen-bond donors (Lipinski definition) is 1. The van der Waals surface area contributed by atoms with Gasteiger partial charge in [-0.15, -0.1) is 0 Å². The molecule has 108 valence electrons. The molecule has 0 radical (unpaired) electrons. The van der Waals surface area contributed by atoms with Crippen molar-refractivity contribution in [3.63, 3.8) is 0 Å². The predicted octanol–water partition coefficient (Wildman–Crippen LogP) is 2.43. The minimum absolute atomic E-state index is 0.160. The Balaban J connectivity index is 2.81. The third-order valence-electron chi connectivity index (χ3n) is 3.09. The van der Waals surface area contributed by atoms with Crippen LogP contribution in [0.5, 0.6) is 0 Å². The highest BCUT2D eigenvalue weighted by Gasteiger charge is 2.19. The van der Waals surface area contributed by atoms with Crippen molar-refractivity contribution in [3.8, 4) is 11.3 Å². The average Bonchev–Trinajstić information content (AvgIpc) is 2.49. The number of aromatic nitrogens is 1. The van der Waals surface area contributed by atoms with Gasteiger partial charge in [-0.2, -0.15) is 0 Å². The summed E-state index contributed by atoms with van der Waals surface area (Å²) in [5, 5.41) is 9.43. The van der Waals surface area contributed by atoms with E-state index in [1.165, 1.54) is 20.1 Å². The first-order valence-corrected chi connectivity index (χ1v) is 6.32. The molecule has 0 fully saturated rings. The van der Waals surface area contributed by atoms with Crippen LogP contribution in [0.3, 0.4) is 0 Å². The summed E-state index contributed by atoms with van der Waals surface area (Å²) in [6.45, 7) is 1.51. The van der Waals surface area contributed by atoms with Crippen LogP contribution >= 0.6 is 0 Å². The number of carboxylic acid groups (broad SMARTS) is 1. The SMILES string of the molecule is COC(C)=C(C(=O)O)n1c(-c2ccccc2)cccc1=O. The maximum Gasteiger partial charge on any atom is 0.356 e. The summed E-state index contributed by atoms with van der Waals surface area (Å²) in [5.74, 6) is -1.06. The van der Waals surface area contributed by atoms with Gasteiger partial charge >= 0.3 is 5.97 Å². The third-order valence-corrected chi connectivity index (χ3v) is 3.09. The summed E-state index contributed by atoms with van der Waals surface area (Å²) in [5.41, 5.74) is 0.627. The quantitative estimate of drug-likeness (QED) is 0.692. The van der Waals surface area contributed by atoms with Gasteiger partial charge in [0, 0.05) is 6.07 Å². The van der Waals surface area contributed by atoms with Gasteiger partial charge in [0.25, 0.3) is 5.56 Å². The number of rotatable bonds is 4. The molecule has 0 spiro atoms. The van der Waals surface area contributed by atoms with Crippen molar-refractivity contribution in [2.24, 2.45) is 0 Å². The number of hydrogen-bond acceptors (Lipinski definition) is 3. The van der Waals surface area contributed by atoms with Crippen molar-refractivity contribution in [1.82, 2.24) is 4.57 Å². The number of carbonyl (C=O) groups is 1. The van der Waals surface area contributed by atoms with Crippen molar-refractivity contribution >= 4 is 11.7 Å². The first kappa shape index (κ1) is 14.6. The van der Waals surface area contributed by atoms with Crippen LogP contribution in [0.1, 0.15) is 6.92 Å². The van der Waals surface area contributed by atoms with Crippen LogP contribution in [0.25, 0.3) is 17.0 Å². The molecular formula is C16H15NO4. The Morgan fingerprint density at radius 3 is 2.33 bits per heavy atom. The monoisotopic (exact) mass is 285 g/mol. The number of carboxylic acids is 1. The molecular weight excluding hydrogens is 270 g/mol. The average molecular weight is 285 g/mol. The molecule has 21 heavy (non-hydrogen) atoms. The minimum atomic E-state index is -1.22. The Morgan fingerprint density at radius 1 is 1.10 bits per heavy atom. The molecule has 5 heteroatoms. The van der Waals surface area contributed by atoms with E-state index in [1.807, 2.05) is 30.3 Å². The lowest BCUT2D eigenvalue weighted by Crippen LogP contribution is -2.25. The van der Waals surface area contributed by atoms with Gasteiger partial charge < -0.3 is 9.84 Å². The van der Waals surface area contributed by atoms with E-state index < -0.39 is 11.5 Å². The van der Waals surface area contributed by atoms with Gasteiger partial charge in [0.15, 0.2) is 5.70 Å². The van der Waals surface area contributed by atoms with Gasteiger partial charge in [0.2, 0.25) is 0 Å². The normalized spacial score (nSPS) is 11.7. The van der Waals surface area contributed by atoms with E-state index in [-0.39, 0.29) is 11.5 Å². The molecule has 0 aliphatic carbocycles. The van der Waals surface area contributed by atoms with Gasteiger partial charge in [0.05, 0.1) is 12.8 Å². The van der Waals surface area contributed by atoms with Gasteiger partial charge in [-0.25, -0.2) is 4.79 Å². The standard InChI is InChI=1S/C16H15NO4/c1-11(21-2)15(16(19)20)17-13(9-6-10-14(17)18)12-7-4-3-5-8-12/h3-10H,1-2H3,(H,19,20). The molecule has 0 saturated carbocycles. The highest BCUT2D eigenvalue weighted by atomic mass is 16.5. The van der Waals surface area contributed by atoms with Crippen molar-refractivity contribution in [2.45, 2.75) is 6.92 Å². The Bertz CT molecular complexity index is 744. The van der Waals surface area contributed by atoms with Crippen LogP contribution < -0.4 is 5.56 Å². The lowest BCUT2D eigenvalue weighted by molar-refractivity contribution is -0.130. The number of allylic oxidation sites excluding steroid dienone is 1. The topological polar surface area (TPSA) is 68.5 Å². The van der Waals surface area contributed by atoms with Crippen molar-refractivity contribution in [2.75, 3.05) is 7.11 Å². The molecule has 0 saturated heterocycles. The van der Waals surface area contributed by atoms with Gasteiger partial charge in [-0.1, -0.05) is 36.4 Å². The van der Waals surface area contributed by atoms with E-state index in [4.69, 9.17) is 4.74 Å². The molecule has 0 aliphatic heterocycles. The Kier molecular flexibility index (Phi) is 4.23. The number of pyridine rings is 1. The lowest BCUT2D eigenvalue weighted by Gasteiger charge is -2.15. The molecule has 1 N–H and O–H groups in total. The number of aliphatic carboxylic acids is 1. The minimum Gasteiger partial charge on any atom is -0.499 e. The second-order valence-corrected chi connectivity index (χ2v) is 4.36. The largest absolute Gasteiger partial charge is 0.499 e. The zero-order chi connectivity index (χ0) is 15.4. The molecule has 2 rings (SSSR count). The van der Waals surface area contributed by atoms with Crippen molar-refractivity contribution < 1.29 is 14.6 Å². The summed E-state index contributed by atoms with van der Waals surface area (Å²) in [4.78, 5) is 23.7. The second-order valence-electron chi connectivity index (χ2n) is 4.36. The Labute approximate surface area is 121 Å². The first-order chi connectivity index (χ1) is 10.1. The molecule has 1 aromatic carbocycles. The molecule has 0 amide bonds. The van der Waals surface area contributed by atoms with Crippen LogP contribution in [-0.4, -0.2) is 22.8 Å². The van der Waals surface area contributed by atoms with Crippen LogP contribution in [-0.2, 0) is 9.53 Å². The Hall–Kier alpha value is -2.82. The lowest BCUT2D eigenvalue weighted by atomic mass is 10.1. The molecule has 0 unspecified atom stereocenters. The Morgan fingerprint density at radius 2 is 1.76 bits per heavy atom. The third kappa shape index (κ3) is 2.86. The van der Waals surface area contributed by atoms with E-state index in [2.05, 4.69) is 0 Å². The van der Waals surface area contributed by atoms with Crippen LogP contribution in [0.15, 0.2) is 59.1 Å². The summed E-state index contributed by atoms with van der Waals surface area (Å²) in [6, 6.07) is 13.7. The maximum atomic E-state index is 12.2. The molecule has 1 aromatic heterocycles. The molecule has 5 nitrogen and oxygen atoms in total. The van der Waals surface area contributed by atoms with Crippen molar-refractivity contribution in [1.29, 1.82) is 0 Å². The van der Waals surface area contributed by atoms with Crippen LogP contribution in [0.4, 0.5) is 0 Å². The summed E-state index contributed by atoms with van der Waals surface area (Å²) < 4.78 is 6.16. The van der Waals surface area contributed by atoms with E-state index >= 15 is 0 Å². The van der Waals surface area contributed by atoms with Crippen LogP contribution in [0, 0.1) is 0 Å². The molecule has 1 heterocycles. The zero-order valence-corrected chi connectivity index (χ0v) is 11.7. The van der Waals surface area contributed by atoms with Gasteiger partial charge in [0.1, 0.15) is 5.76 Å². The highest BCUT2D eigenvalue weighted by Crippen LogP contribution is 2.22. The fraction of sp³-hybridized carbons (Fsp3) is 0.125. The molecule has 2 aromatic rings. The second kappa shape index (κ2) is 6.09. The molecule has 0 bridgehead atoms. The molecule has 0 aliphatic rings. The van der Waals surface area contributed by atoms with Gasteiger partial charge in [-0.3, -0.25) is 9.36 Å². The fourth-order valence-corrected chi connectivity index (χ4v) is 2.05. The maximum absolute atomic E-state index is 12.2. The highest BCUT2D eigenvalue weighted by molar-refractivity contribution is 6.10. The summed E-state index contributed by atoms with van der Waals surface area (Å²) in [6.07, 6.45) is 0. The number of ether oxygens (including phenoxy) is 1. The number of methoxy groups -OCH3 is 1. The van der Waals surface area contributed by atoms with Gasteiger partial charge in [-0.05, 0) is 18.6 Å². The predicted molar refractivity (Wildman–Crippen MR) is 79.7 cm³/mol. The first-order valence-electron chi connectivity index (χ1n) is 6.32. The fourth-order valence-electron chi connectivity index (χ4n) is 2.05.